The van der Waals surface area contributed by atoms with Gasteiger partial charge in [-0.3, -0.25) is 14.4 Å². The van der Waals surface area contributed by atoms with Gasteiger partial charge in [0.1, 0.15) is 5.69 Å². The summed E-state index contributed by atoms with van der Waals surface area (Å²) in [5, 5.41) is 5.05. The van der Waals surface area contributed by atoms with Crippen LogP contribution in [0.25, 0.3) is 16.5 Å². The van der Waals surface area contributed by atoms with Crippen LogP contribution in [-0.4, -0.2) is 34.1 Å². The first-order valence-electron chi connectivity index (χ1n) is 9.68. The molecule has 4 aromatic rings. The standard InChI is InChI=1S/C23H21ClN6O/c1-14(29-22(26-3)20-21(25-2)28-13-27-20)18-12-15-8-7-11-17(24)19(15)23(31)30(18)16-9-5-4-6-10-16/h4-14H,2H2,1,3H3,(H,26,29)(H,27,28)/t14-/m0/s1. The second kappa shape index (κ2) is 8.57. The highest BCUT2D eigenvalue weighted by atomic mass is 35.5. The number of amidine groups is 1. The van der Waals surface area contributed by atoms with Gasteiger partial charge in [0.2, 0.25) is 0 Å². The molecule has 2 heterocycles. The Balaban J connectivity index is 1.88. The predicted octanol–water partition coefficient (Wildman–Crippen LogP) is 4.43. The Morgan fingerprint density at radius 3 is 2.71 bits per heavy atom. The molecule has 31 heavy (non-hydrogen) atoms. The van der Waals surface area contributed by atoms with Crippen molar-refractivity contribution in [1.82, 2.24) is 19.9 Å². The fourth-order valence-electron chi connectivity index (χ4n) is 3.60. The van der Waals surface area contributed by atoms with Crippen LogP contribution in [0, 0.1) is 0 Å². The molecule has 4 rings (SSSR count). The molecule has 7 nitrogen and oxygen atoms in total. The minimum Gasteiger partial charge on any atom is -0.360 e. The average molecular weight is 433 g/mol. The number of nitrogens with zero attached hydrogens (tertiary/aromatic N) is 4. The van der Waals surface area contributed by atoms with Gasteiger partial charge in [-0.25, -0.2) is 9.98 Å². The van der Waals surface area contributed by atoms with Crippen LogP contribution in [-0.2, 0) is 0 Å². The number of hydrogen-bond donors (Lipinski definition) is 2. The zero-order valence-electron chi connectivity index (χ0n) is 17.1. The van der Waals surface area contributed by atoms with E-state index in [2.05, 4.69) is 32.0 Å². The maximum atomic E-state index is 13.5. The lowest BCUT2D eigenvalue weighted by molar-refractivity contribution is 0.662. The Bertz CT molecular complexity index is 1340. The first-order valence-corrected chi connectivity index (χ1v) is 10.1. The highest BCUT2D eigenvalue weighted by Gasteiger charge is 2.20. The zero-order chi connectivity index (χ0) is 22.0. The second-order valence-electron chi connectivity index (χ2n) is 6.95. The van der Waals surface area contributed by atoms with E-state index in [0.29, 0.717) is 27.8 Å². The lowest BCUT2D eigenvalue weighted by atomic mass is 10.1. The molecule has 0 amide bonds. The van der Waals surface area contributed by atoms with Gasteiger partial charge < -0.3 is 10.3 Å². The van der Waals surface area contributed by atoms with Gasteiger partial charge in [-0.05, 0) is 43.3 Å². The number of fused-ring (bicyclic) bond motifs is 1. The molecular formula is C23H21ClN6O. The SMILES string of the molecule is C=Nc1[nH]cnc1/C(=N\C)N[C@@H](C)c1cc2cccc(Cl)c2c(=O)n1-c1ccccc1. The quantitative estimate of drug-likeness (QED) is 0.361. The molecule has 0 spiro atoms. The maximum absolute atomic E-state index is 13.5. The fraction of sp³-hybridized carbons (Fsp3) is 0.130. The summed E-state index contributed by atoms with van der Waals surface area (Å²) < 4.78 is 1.68. The van der Waals surface area contributed by atoms with Crippen molar-refractivity contribution >= 4 is 40.7 Å². The Morgan fingerprint density at radius 1 is 1.23 bits per heavy atom. The normalized spacial score (nSPS) is 12.7. The van der Waals surface area contributed by atoms with Crippen LogP contribution < -0.4 is 10.9 Å². The molecule has 0 saturated carbocycles. The number of rotatable bonds is 5. The van der Waals surface area contributed by atoms with Crippen molar-refractivity contribution in [2.24, 2.45) is 9.98 Å². The van der Waals surface area contributed by atoms with Crippen molar-refractivity contribution < 1.29 is 0 Å². The summed E-state index contributed by atoms with van der Waals surface area (Å²) in [7, 11) is 1.67. The topological polar surface area (TPSA) is 87.4 Å². The number of halogens is 1. The summed E-state index contributed by atoms with van der Waals surface area (Å²) in [6.45, 7) is 5.53. The van der Waals surface area contributed by atoms with Crippen LogP contribution in [0.3, 0.4) is 0 Å². The summed E-state index contributed by atoms with van der Waals surface area (Å²) in [6.07, 6.45) is 1.54. The van der Waals surface area contributed by atoms with Crippen molar-refractivity contribution in [3.05, 3.63) is 87.7 Å². The number of aliphatic imine (C=N–C) groups is 2. The Morgan fingerprint density at radius 2 is 2.00 bits per heavy atom. The first-order chi connectivity index (χ1) is 15.0. The number of H-pyrrole nitrogens is 1. The van der Waals surface area contributed by atoms with Gasteiger partial charge in [-0.1, -0.05) is 41.9 Å². The second-order valence-corrected chi connectivity index (χ2v) is 7.35. The summed E-state index contributed by atoms with van der Waals surface area (Å²) in [5.41, 5.74) is 1.89. The predicted molar refractivity (Wildman–Crippen MR) is 126 cm³/mol. The molecule has 0 aliphatic carbocycles. The molecule has 0 saturated heterocycles. The van der Waals surface area contributed by atoms with Crippen molar-refractivity contribution in [3.63, 3.8) is 0 Å². The lowest BCUT2D eigenvalue weighted by Crippen LogP contribution is -2.32. The van der Waals surface area contributed by atoms with Crippen LogP contribution in [0.1, 0.15) is 24.4 Å². The average Bonchev–Trinajstić information content (AvgIpc) is 3.26. The van der Waals surface area contributed by atoms with Crippen LogP contribution in [0.2, 0.25) is 5.02 Å². The Kier molecular flexibility index (Phi) is 5.68. The molecular weight excluding hydrogens is 412 g/mol. The zero-order valence-corrected chi connectivity index (χ0v) is 17.9. The number of hydrogen-bond acceptors (Lipinski definition) is 4. The van der Waals surface area contributed by atoms with E-state index in [4.69, 9.17) is 11.6 Å². The Hall–Kier alpha value is -3.71. The number of para-hydroxylation sites is 1. The third-order valence-corrected chi connectivity index (χ3v) is 5.38. The minimum absolute atomic E-state index is 0.179. The maximum Gasteiger partial charge on any atom is 0.264 e. The minimum atomic E-state index is -0.288. The van der Waals surface area contributed by atoms with Gasteiger partial charge in [0.05, 0.1) is 22.8 Å². The smallest absolute Gasteiger partial charge is 0.264 e. The first kappa shape index (κ1) is 20.6. The van der Waals surface area contributed by atoms with Crippen molar-refractivity contribution in [1.29, 1.82) is 0 Å². The van der Waals surface area contributed by atoms with Gasteiger partial charge in [-0.15, -0.1) is 0 Å². The number of aromatic nitrogens is 3. The van der Waals surface area contributed by atoms with E-state index >= 15 is 0 Å². The van der Waals surface area contributed by atoms with E-state index in [1.165, 1.54) is 6.33 Å². The van der Waals surface area contributed by atoms with E-state index in [9.17, 15) is 4.79 Å². The van der Waals surface area contributed by atoms with Gasteiger partial charge in [-0.2, -0.15) is 0 Å². The van der Waals surface area contributed by atoms with E-state index in [-0.39, 0.29) is 11.6 Å². The Labute approximate surface area is 184 Å². The molecule has 2 N–H and O–H groups in total. The third-order valence-electron chi connectivity index (χ3n) is 5.06. The number of benzene rings is 2. The highest BCUT2D eigenvalue weighted by Crippen LogP contribution is 2.26. The molecule has 2 aromatic heterocycles. The number of pyridine rings is 1. The van der Waals surface area contributed by atoms with Crippen LogP contribution in [0.4, 0.5) is 5.82 Å². The molecule has 0 aliphatic heterocycles. The molecule has 8 heteroatoms. The molecule has 0 unspecified atom stereocenters. The fourth-order valence-corrected chi connectivity index (χ4v) is 3.86. The van der Waals surface area contributed by atoms with Crippen molar-refractivity contribution in [2.45, 2.75) is 13.0 Å². The van der Waals surface area contributed by atoms with E-state index in [0.717, 1.165) is 16.8 Å². The molecule has 0 fully saturated rings. The van der Waals surface area contributed by atoms with Crippen LogP contribution in [0.15, 0.2) is 75.7 Å². The number of imidazole rings is 1. The molecule has 2 aromatic carbocycles. The van der Waals surface area contributed by atoms with E-state index in [1.807, 2.05) is 55.5 Å². The lowest BCUT2D eigenvalue weighted by Gasteiger charge is -2.22. The van der Waals surface area contributed by atoms with Crippen LogP contribution in [0.5, 0.6) is 0 Å². The highest BCUT2D eigenvalue weighted by molar-refractivity contribution is 6.35. The van der Waals surface area contributed by atoms with Gasteiger partial charge in [0.15, 0.2) is 11.7 Å². The van der Waals surface area contributed by atoms with E-state index < -0.39 is 0 Å². The summed E-state index contributed by atoms with van der Waals surface area (Å²) in [6, 6.07) is 16.6. The van der Waals surface area contributed by atoms with Gasteiger partial charge in [0, 0.05) is 18.4 Å². The third kappa shape index (κ3) is 3.75. The monoisotopic (exact) mass is 432 g/mol. The molecule has 156 valence electrons. The largest absolute Gasteiger partial charge is 0.360 e. The number of nitrogens with one attached hydrogen (secondary N) is 2. The summed E-state index contributed by atoms with van der Waals surface area (Å²) in [4.78, 5) is 29.0. The summed E-state index contributed by atoms with van der Waals surface area (Å²) in [5.74, 6) is 1.06. The molecule has 0 radical (unpaired) electrons. The number of aromatic amines is 1. The molecule has 0 aliphatic rings. The van der Waals surface area contributed by atoms with Crippen molar-refractivity contribution in [3.8, 4) is 5.69 Å². The molecule has 0 bridgehead atoms. The van der Waals surface area contributed by atoms with Crippen LogP contribution >= 0.6 is 11.6 Å². The van der Waals surface area contributed by atoms with Gasteiger partial charge in [0.25, 0.3) is 5.56 Å². The van der Waals surface area contributed by atoms with Gasteiger partial charge >= 0.3 is 0 Å². The summed E-state index contributed by atoms with van der Waals surface area (Å²) >= 11 is 6.39. The van der Waals surface area contributed by atoms with Crippen molar-refractivity contribution in [2.75, 3.05) is 7.05 Å². The van der Waals surface area contributed by atoms with E-state index in [1.54, 1.807) is 17.7 Å². The molecule has 1 atom stereocenters.